The fourth-order valence-electron chi connectivity index (χ4n) is 1.30. The number of halogens is 2. The monoisotopic (exact) mass is 298 g/mol. The maximum Gasteiger partial charge on any atom is 0.250 e. The van der Waals surface area contributed by atoms with Gasteiger partial charge in [-0.25, -0.2) is 4.39 Å². The average Bonchev–Trinajstić information content (AvgIpc) is 2.65. The molecular weight excluding hydrogens is 287 g/mol. The molecule has 0 bridgehead atoms. The Kier molecular flexibility index (Phi) is 3.03. The maximum atomic E-state index is 13.7. The van der Waals surface area contributed by atoms with E-state index in [1.165, 1.54) is 6.07 Å². The van der Waals surface area contributed by atoms with E-state index in [1.54, 1.807) is 12.1 Å². The van der Waals surface area contributed by atoms with Crippen molar-refractivity contribution >= 4 is 15.9 Å². The van der Waals surface area contributed by atoms with Gasteiger partial charge in [-0.15, -0.1) is 10.2 Å². The summed E-state index contributed by atoms with van der Waals surface area (Å²) in [6, 6.07) is 4.72. The molecule has 1 heterocycles. The fourth-order valence-corrected chi connectivity index (χ4v) is 1.63. The molecule has 0 aliphatic rings. The van der Waals surface area contributed by atoms with E-state index in [1.807, 2.05) is 20.8 Å². The molecule has 2 rings (SSSR count). The van der Waals surface area contributed by atoms with Crippen molar-refractivity contribution in [2.24, 2.45) is 0 Å². The summed E-state index contributed by atoms with van der Waals surface area (Å²) in [4.78, 5) is 0. The van der Waals surface area contributed by atoms with Crippen LogP contribution in [0.4, 0.5) is 4.39 Å². The molecule has 0 spiro atoms. The van der Waals surface area contributed by atoms with Crippen molar-refractivity contribution in [3.05, 3.63) is 34.4 Å². The third kappa shape index (κ3) is 2.54. The average molecular weight is 299 g/mol. The summed E-state index contributed by atoms with van der Waals surface area (Å²) in [5.41, 5.74) is 0.0769. The van der Waals surface area contributed by atoms with Crippen molar-refractivity contribution in [2.45, 2.75) is 26.2 Å². The lowest BCUT2D eigenvalue weighted by Crippen LogP contribution is -2.11. The van der Waals surface area contributed by atoms with Crippen molar-refractivity contribution in [1.82, 2.24) is 10.2 Å². The first-order valence-corrected chi connectivity index (χ1v) is 5.96. The molecule has 90 valence electrons. The van der Waals surface area contributed by atoms with Gasteiger partial charge in [-0.3, -0.25) is 0 Å². The van der Waals surface area contributed by atoms with Gasteiger partial charge in [0.2, 0.25) is 5.89 Å². The summed E-state index contributed by atoms with van der Waals surface area (Å²) in [6.45, 7) is 5.88. The third-order valence-electron chi connectivity index (χ3n) is 2.23. The minimum Gasteiger partial charge on any atom is -0.420 e. The highest BCUT2D eigenvalue weighted by Crippen LogP contribution is 2.28. The van der Waals surface area contributed by atoms with Crippen molar-refractivity contribution in [2.75, 3.05) is 0 Å². The van der Waals surface area contributed by atoms with Crippen molar-refractivity contribution in [1.29, 1.82) is 0 Å². The first-order valence-electron chi connectivity index (χ1n) is 5.17. The molecule has 0 aliphatic heterocycles. The van der Waals surface area contributed by atoms with Gasteiger partial charge in [0.05, 0.1) is 5.56 Å². The van der Waals surface area contributed by atoms with Crippen molar-refractivity contribution < 1.29 is 8.81 Å². The van der Waals surface area contributed by atoms with Gasteiger partial charge in [0, 0.05) is 9.89 Å². The zero-order valence-corrected chi connectivity index (χ0v) is 11.4. The van der Waals surface area contributed by atoms with Crippen molar-refractivity contribution in [3.63, 3.8) is 0 Å². The molecule has 0 N–H and O–H groups in total. The van der Waals surface area contributed by atoms with Gasteiger partial charge in [0.15, 0.2) is 0 Å². The Labute approximate surface area is 107 Å². The Morgan fingerprint density at radius 1 is 1.24 bits per heavy atom. The largest absolute Gasteiger partial charge is 0.420 e. The van der Waals surface area contributed by atoms with Crippen LogP contribution in [-0.4, -0.2) is 10.2 Å². The topological polar surface area (TPSA) is 38.9 Å². The highest BCUT2D eigenvalue weighted by molar-refractivity contribution is 9.10. The summed E-state index contributed by atoms with van der Waals surface area (Å²) in [5, 5.41) is 7.80. The van der Waals surface area contributed by atoms with Crippen LogP contribution in [0.3, 0.4) is 0 Å². The van der Waals surface area contributed by atoms with E-state index in [-0.39, 0.29) is 17.1 Å². The number of aromatic nitrogens is 2. The van der Waals surface area contributed by atoms with Crippen LogP contribution >= 0.6 is 15.9 Å². The van der Waals surface area contributed by atoms with Gasteiger partial charge in [-0.05, 0) is 18.2 Å². The van der Waals surface area contributed by atoms with Crippen LogP contribution in [0, 0.1) is 5.82 Å². The molecule has 1 aromatic carbocycles. The van der Waals surface area contributed by atoms with Gasteiger partial charge < -0.3 is 4.42 Å². The lowest BCUT2D eigenvalue weighted by molar-refractivity contribution is 0.398. The van der Waals surface area contributed by atoms with Crippen LogP contribution in [0.15, 0.2) is 27.1 Å². The van der Waals surface area contributed by atoms with Crippen molar-refractivity contribution in [3.8, 4) is 11.5 Å². The molecule has 0 fully saturated rings. The van der Waals surface area contributed by atoms with Gasteiger partial charge in [-0.1, -0.05) is 36.7 Å². The van der Waals surface area contributed by atoms with Crippen LogP contribution in [0.1, 0.15) is 26.7 Å². The second kappa shape index (κ2) is 4.22. The van der Waals surface area contributed by atoms with E-state index in [0.717, 1.165) is 0 Å². The first-order chi connectivity index (χ1) is 7.88. The van der Waals surface area contributed by atoms with E-state index >= 15 is 0 Å². The first kappa shape index (κ1) is 12.2. The van der Waals surface area contributed by atoms with E-state index < -0.39 is 0 Å². The lowest BCUT2D eigenvalue weighted by atomic mass is 9.97. The highest BCUT2D eigenvalue weighted by atomic mass is 79.9. The van der Waals surface area contributed by atoms with Crippen LogP contribution < -0.4 is 0 Å². The molecule has 0 aliphatic carbocycles. The van der Waals surface area contributed by atoms with E-state index in [9.17, 15) is 4.39 Å². The second-order valence-corrected chi connectivity index (χ2v) is 5.70. The summed E-state index contributed by atoms with van der Waals surface area (Å²) in [7, 11) is 0. The number of rotatable bonds is 1. The number of nitrogens with zero attached hydrogens (tertiary/aromatic N) is 2. The molecule has 0 unspecified atom stereocenters. The molecular formula is C12H12BrFN2O. The zero-order chi connectivity index (χ0) is 12.6. The van der Waals surface area contributed by atoms with Gasteiger partial charge >= 0.3 is 0 Å². The Bertz CT molecular complexity index is 546. The van der Waals surface area contributed by atoms with E-state index in [0.29, 0.717) is 15.9 Å². The van der Waals surface area contributed by atoms with Gasteiger partial charge in [0.25, 0.3) is 5.89 Å². The van der Waals surface area contributed by atoms with Gasteiger partial charge in [0.1, 0.15) is 5.82 Å². The lowest BCUT2D eigenvalue weighted by Gasteiger charge is -2.10. The Balaban J connectivity index is 2.44. The fraction of sp³-hybridized carbons (Fsp3) is 0.333. The normalized spacial score (nSPS) is 11.8. The second-order valence-electron chi connectivity index (χ2n) is 4.79. The number of benzene rings is 1. The Morgan fingerprint density at radius 2 is 1.94 bits per heavy atom. The van der Waals surface area contributed by atoms with E-state index in [4.69, 9.17) is 4.42 Å². The van der Waals surface area contributed by atoms with Crippen LogP contribution in [0.2, 0.25) is 0 Å². The standard InChI is InChI=1S/C12H12BrFN2O/c1-12(2,3)11-16-15-10(17-11)8-5-4-7(13)6-9(8)14/h4-6H,1-3H3. The van der Waals surface area contributed by atoms with Crippen LogP contribution in [0.25, 0.3) is 11.5 Å². The SMILES string of the molecule is CC(C)(C)c1nnc(-c2ccc(Br)cc2F)o1. The molecule has 17 heavy (non-hydrogen) atoms. The molecule has 0 saturated heterocycles. The smallest absolute Gasteiger partial charge is 0.250 e. The van der Waals surface area contributed by atoms with Crippen LogP contribution in [0.5, 0.6) is 0 Å². The molecule has 0 radical (unpaired) electrons. The predicted octanol–water partition coefficient (Wildman–Crippen LogP) is 3.94. The van der Waals surface area contributed by atoms with Gasteiger partial charge in [-0.2, -0.15) is 0 Å². The molecule has 2 aromatic rings. The Hall–Kier alpha value is -1.23. The molecule has 0 saturated carbocycles. The zero-order valence-electron chi connectivity index (χ0n) is 9.79. The number of hydrogen-bond acceptors (Lipinski definition) is 3. The minimum atomic E-state index is -0.386. The quantitative estimate of drug-likeness (QED) is 0.800. The molecule has 0 atom stereocenters. The summed E-state index contributed by atoms with van der Waals surface area (Å²) in [5.74, 6) is 0.318. The van der Waals surface area contributed by atoms with E-state index in [2.05, 4.69) is 26.1 Å². The maximum absolute atomic E-state index is 13.7. The summed E-state index contributed by atoms with van der Waals surface area (Å²) >= 11 is 3.20. The van der Waals surface area contributed by atoms with Crippen LogP contribution in [-0.2, 0) is 5.41 Å². The highest BCUT2D eigenvalue weighted by Gasteiger charge is 2.22. The molecule has 1 aromatic heterocycles. The minimum absolute atomic E-state index is 0.208. The molecule has 0 amide bonds. The molecule has 5 heteroatoms. The molecule has 3 nitrogen and oxygen atoms in total. The third-order valence-corrected chi connectivity index (χ3v) is 2.72. The number of hydrogen-bond donors (Lipinski definition) is 0. The Morgan fingerprint density at radius 3 is 2.47 bits per heavy atom. The predicted molar refractivity (Wildman–Crippen MR) is 66.1 cm³/mol. The summed E-state index contributed by atoms with van der Waals surface area (Å²) < 4.78 is 19.8. The summed E-state index contributed by atoms with van der Waals surface area (Å²) in [6.07, 6.45) is 0.